The topological polar surface area (TPSA) is 64.0 Å². The van der Waals surface area contributed by atoms with Crippen LogP contribution in [0.3, 0.4) is 0 Å². The van der Waals surface area contributed by atoms with Gasteiger partial charge in [-0.1, -0.05) is 45.4 Å². The molecule has 5 nitrogen and oxygen atoms in total. The van der Waals surface area contributed by atoms with E-state index in [0.29, 0.717) is 23.0 Å². The van der Waals surface area contributed by atoms with Crippen molar-refractivity contribution in [1.82, 2.24) is 15.1 Å². The Morgan fingerprint density at radius 1 is 1.19 bits per heavy atom. The lowest BCUT2D eigenvalue weighted by molar-refractivity contribution is 0.0915. The maximum absolute atomic E-state index is 12.9. The summed E-state index contributed by atoms with van der Waals surface area (Å²) in [5.74, 6) is 0.898. The number of benzene rings is 1. The molecule has 1 aromatic carbocycles. The summed E-state index contributed by atoms with van der Waals surface area (Å²) in [6.45, 7) is 6.81. The van der Waals surface area contributed by atoms with Gasteiger partial charge >= 0.3 is 0 Å². The highest BCUT2D eigenvalue weighted by Crippen LogP contribution is 2.26. The number of hydrogen-bond acceptors (Lipinski definition) is 3. The summed E-state index contributed by atoms with van der Waals surface area (Å²) in [6.07, 6.45) is 5.60. The first-order valence-corrected chi connectivity index (χ1v) is 9.80. The van der Waals surface area contributed by atoms with Crippen LogP contribution >= 0.6 is 0 Å². The smallest absolute Gasteiger partial charge is 0.274 e. The van der Waals surface area contributed by atoms with Crippen molar-refractivity contribution in [2.75, 3.05) is 0 Å². The average molecular weight is 355 g/mol. The molecule has 0 atom stereocenters. The third-order valence-corrected chi connectivity index (χ3v) is 5.38. The predicted molar refractivity (Wildman–Crippen MR) is 104 cm³/mol. The van der Waals surface area contributed by atoms with Crippen LogP contribution in [0.2, 0.25) is 0 Å². The van der Waals surface area contributed by atoms with E-state index in [2.05, 4.69) is 17.3 Å². The third kappa shape index (κ3) is 3.97. The summed E-state index contributed by atoms with van der Waals surface area (Å²) in [4.78, 5) is 25.6. The largest absolute Gasteiger partial charge is 0.348 e. The molecule has 1 aliphatic rings. The van der Waals surface area contributed by atoms with Crippen molar-refractivity contribution in [3.63, 3.8) is 0 Å². The number of hydrogen-bond donors (Lipinski definition) is 1. The molecular weight excluding hydrogens is 326 g/mol. The summed E-state index contributed by atoms with van der Waals surface area (Å²) >= 11 is 0. The quantitative estimate of drug-likeness (QED) is 0.888. The van der Waals surface area contributed by atoms with E-state index < -0.39 is 0 Å². The van der Waals surface area contributed by atoms with Gasteiger partial charge in [0.25, 0.3) is 11.5 Å². The van der Waals surface area contributed by atoms with Gasteiger partial charge in [-0.3, -0.25) is 9.59 Å². The lowest BCUT2D eigenvalue weighted by Gasteiger charge is -2.28. The van der Waals surface area contributed by atoms with Crippen LogP contribution < -0.4 is 10.9 Å². The molecule has 0 bridgehead atoms. The van der Waals surface area contributed by atoms with E-state index >= 15 is 0 Å². The normalized spacial score (nSPS) is 20.5. The van der Waals surface area contributed by atoms with Crippen molar-refractivity contribution in [3.05, 3.63) is 40.3 Å². The van der Waals surface area contributed by atoms with E-state index in [1.54, 1.807) is 6.07 Å². The van der Waals surface area contributed by atoms with Gasteiger partial charge in [-0.15, -0.1) is 0 Å². The number of fused-ring (bicyclic) bond motifs is 1. The fourth-order valence-electron chi connectivity index (χ4n) is 3.84. The number of carbonyl (C=O) groups excluding carboxylic acids is 1. The van der Waals surface area contributed by atoms with Gasteiger partial charge in [0.05, 0.1) is 5.39 Å². The van der Waals surface area contributed by atoms with Crippen molar-refractivity contribution < 1.29 is 4.79 Å². The highest BCUT2D eigenvalue weighted by Gasteiger charge is 2.24. The zero-order valence-corrected chi connectivity index (χ0v) is 16.0. The third-order valence-electron chi connectivity index (χ3n) is 5.38. The Labute approximate surface area is 154 Å². The number of carbonyl (C=O) groups is 1. The van der Waals surface area contributed by atoms with Crippen molar-refractivity contribution >= 4 is 16.7 Å². The molecule has 2 aromatic rings. The van der Waals surface area contributed by atoms with Crippen LogP contribution in [0.1, 0.15) is 63.4 Å². The lowest BCUT2D eigenvalue weighted by atomic mass is 9.84. The number of amides is 1. The minimum atomic E-state index is -0.168. The van der Waals surface area contributed by atoms with Gasteiger partial charge in [0.1, 0.15) is 0 Å². The Kier molecular flexibility index (Phi) is 5.74. The van der Waals surface area contributed by atoms with Gasteiger partial charge < -0.3 is 5.32 Å². The van der Waals surface area contributed by atoms with Crippen LogP contribution in [0.4, 0.5) is 0 Å². The van der Waals surface area contributed by atoms with Crippen LogP contribution in [-0.2, 0) is 6.54 Å². The molecule has 0 saturated heterocycles. The molecule has 1 N–H and O–H groups in total. The monoisotopic (exact) mass is 355 g/mol. The first-order chi connectivity index (χ1) is 12.5. The van der Waals surface area contributed by atoms with Gasteiger partial charge in [-0.2, -0.15) is 5.10 Å². The SMILES string of the molecule is CCC1CCC(NC(=O)c2nn(CC(C)C)c(=O)c3ccccc23)CC1. The number of aromatic nitrogens is 2. The molecule has 1 heterocycles. The molecule has 26 heavy (non-hydrogen) atoms. The molecule has 0 radical (unpaired) electrons. The molecule has 0 unspecified atom stereocenters. The minimum Gasteiger partial charge on any atom is -0.348 e. The molecule has 1 fully saturated rings. The summed E-state index contributed by atoms with van der Waals surface area (Å²) < 4.78 is 1.44. The number of nitrogens with zero attached hydrogens (tertiary/aromatic N) is 2. The Morgan fingerprint density at radius 3 is 2.46 bits per heavy atom. The zero-order valence-electron chi connectivity index (χ0n) is 16.0. The predicted octanol–water partition coefficient (Wildman–Crippen LogP) is 3.75. The van der Waals surface area contributed by atoms with Gasteiger partial charge in [-0.25, -0.2) is 4.68 Å². The summed E-state index contributed by atoms with van der Waals surface area (Å²) in [6, 6.07) is 7.47. The van der Waals surface area contributed by atoms with Crippen LogP contribution in [0.25, 0.3) is 10.8 Å². The van der Waals surface area contributed by atoms with E-state index in [1.165, 1.54) is 23.9 Å². The first-order valence-electron chi connectivity index (χ1n) is 9.80. The van der Waals surface area contributed by atoms with Gasteiger partial charge in [0, 0.05) is 18.0 Å². The van der Waals surface area contributed by atoms with Gasteiger partial charge in [0.2, 0.25) is 0 Å². The Hall–Kier alpha value is -2.17. The molecule has 1 aliphatic carbocycles. The summed E-state index contributed by atoms with van der Waals surface area (Å²) in [5.41, 5.74) is 0.229. The second kappa shape index (κ2) is 8.02. The average Bonchev–Trinajstić information content (AvgIpc) is 2.64. The Bertz CT molecular complexity index is 833. The second-order valence-electron chi connectivity index (χ2n) is 7.87. The molecule has 0 aliphatic heterocycles. The van der Waals surface area contributed by atoms with E-state index in [9.17, 15) is 9.59 Å². The molecule has 1 saturated carbocycles. The van der Waals surface area contributed by atoms with Crippen molar-refractivity contribution in [1.29, 1.82) is 0 Å². The van der Waals surface area contributed by atoms with E-state index in [-0.39, 0.29) is 23.4 Å². The minimum absolute atomic E-state index is 0.130. The number of nitrogens with one attached hydrogen (secondary N) is 1. The number of rotatable bonds is 5. The molecule has 1 aromatic heterocycles. The van der Waals surface area contributed by atoms with Crippen LogP contribution in [0.15, 0.2) is 29.1 Å². The lowest BCUT2D eigenvalue weighted by Crippen LogP contribution is -2.39. The van der Waals surface area contributed by atoms with Crippen LogP contribution in [0, 0.1) is 11.8 Å². The summed E-state index contributed by atoms with van der Waals surface area (Å²) in [5, 5.41) is 8.78. The van der Waals surface area contributed by atoms with Gasteiger partial charge in [0.15, 0.2) is 5.69 Å². The highest BCUT2D eigenvalue weighted by molar-refractivity contribution is 6.04. The second-order valence-corrected chi connectivity index (χ2v) is 7.87. The standard InChI is InChI=1S/C21H29N3O2/c1-4-15-9-11-16(12-10-15)22-20(25)19-17-7-5-6-8-18(17)21(26)24(23-19)13-14(2)3/h5-8,14-16H,4,9-13H2,1-3H3,(H,22,25). The van der Waals surface area contributed by atoms with E-state index in [0.717, 1.165) is 18.8 Å². The fraction of sp³-hybridized carbons (Fsp3) is 0.571. The Balaban J connectivity index is 1.89. The van der Waals surface area contributed by atoms with Crippen molar-refractivity contribution in [2.24, 2.45) is 11.8 Å². The first kappa shape index (κ1) is 18.6. The molecule has 3 rings (SSSR count). The van der Waals surface area contributed by atoms with Crippen molar-refractivity contribution in [2.45, 2.75) is 65.5 Å². The van der Waals surface area contributed by atoms with Crippen LogP contribution in [-0.4, -0.2) is 21.7 Å². The Morgan fingerprint density at radius 2 is 1.85 bits per heavy atom. The fourth-order valence-corrected chi connectivity index (χ4v) is 3.84. The summed E-state index contributed by atoms with van der Waals surface area (Å²) in [7, 11) is 0. The molecule has 0 spiro atoms. The molecular formula is C21H29N3O2. The van der Waals surface area contributed by atoms with E-state index in [4.69, 9.17) is 0 Å². The van der Waals surface area contributed by atoms with Gasteiger partial charge in [-0.05, 0) is 43.6 Å². The maximum Gasteiger partial charge on any atom is 0.274 e. The van der Waals surface area contributed by atoms with Crippen LogP contribution in [0.5, 0.6) is 0 Å². The molecule has 1 amide bonds. The van der Waals surface area contributed by atoms with Crippen molar-refractivity contribution in [3.8, 4) is 0 Å². The highest BCUT2D eigenvalue weighted by atomic mass is 16.2. The molecule has 5 heteroatoms. The van der Waals surface area contributed by atoms with E-state index in [1.807, 2.05) is 32.0 Å². The maximum atomic E-state index is 12.9. The zero-order chi connectivity index (χ0) is 18.7. The molecule has 140 valence electrons.